The van der Waals surface area contributed by atoms with E-state index >= 15 is 0 Å². The number of nitrogens with zero attached hydrogens (tertiary/aromatic N) is 1. The zero-order valence-corrected chi connectivity index (χ0v) is 13.0. The maximum Gasteiger partial charge on any atom is 0.310 e. The van der Waals surface area contributed by atoms with E-state index in [0.29, 0.717) is 39.1 Å². The Balaban J connectivity index is 1.89. The first kappa shape index (κ1) is 17.4. The second kappa shape index (κ2) is 8.62. The number of aryl methyl sites for hydroxylation is 1. The number of carbonyl (C=O) groups is 2. The van der Waals surface area contributed by atoms with Crippen LogP contribution in [-0.2, 0) is 20.7 Å². The fourth-order valence-electron chi connectivity index (χ4n) is 2.70. The van der Waals surface area contributed by atoms with Gasteiger partial charge in [-0.2, -0.15) is 0 Å². The molecule has 5 nitrogen and oxygen atoms in total. The quantitative estimate of drug-likeness (QED) is 0.832. The Morgan fingerprint density at radius 1 is 1.22 bits per heavy atom. The molecule has 126 valence electrons. The van der Waals surface area contributed by atoms with Crippen molar-refractivity contribution in [2.75, 3.05) is 26.3 Å². The van der Waals surface area contributed by atoms with Crippen molar-refractivity contribution in [3.8, 4) is 0 Å². The van der Waals surface area contributed by atoms with Gasteiger partial charge in [-0.05, 0) is 24.8 Å². The van der Waals surface area contributed by atoms with E-state index < -0.39 is 24.0 Å². The Bertz CT molecular complexity index is 517. The van der Waals surface area contributed by atoms with Gasteiger partial charge in [0, 0.05) is 13.1 Å². The number of carboxylic acids is 1. The first-order valence-corrected chi connectivity index (χ1v) is 7.87. The number of aliphatic carboxylic acids is 1. The molecule has 0 saturated carbocycles. The topological polar surface area (TPSA) is 66.8 Å². The average molecular weight is 323 g/mol. The standard InChI is InChI=1S/C17H22FNO4/c18-15(16(20)19-9-11-23-12-10-19)14(17(21)22)8-4-7-13-5-2-1-3-6-13/h1-3,5-6,14-15H,4,7-12H2,(H,21,22)/t14-,15?/m1/s1. The summed E-state index contributed by atoms with van der Waals surface area (Å²) >= 11 is 0. The number of ether oxygens (including phenoxy) is 1. The highest BCUT2D eigenvalue weighted by atomic mass is 19.1. The van der Waals surface area contributed by atoms with Crippen LogP contribution in [0, 0.1) is 5.92 Å². The molecule has 0 radical (unpaired) electrons. The van der Waals surface area contributed by atoms with E-state index in [1.54, 1.807) is 0 Å². The number of halogens is 1. The monoisotopic (exact) mass is 323 g/mol. The summed E-state index contributed by atoms with van der Waals surface area (Å²) in [6, 6.07) is 9.61. The number of alkyl halides is 1. The molecule has 1 unspecified atom stereocenters. The molecular formula is C17H22FNO4. The highest BCUT2D eigenvalue weighted by Gasteiger charge is 2.36. The van der Waals surface area contributed by atoms with Crippen molar-refractivity contribution in [2.45, 2.75) is 25.4 Å². The van der Waals surface area contributed by atoms with Crippen LogP contribution in [0.15, 0.2) is 30.3 Å². The highest BCUT2D eigenvalue weighted by molar-refractivity contribution is 5.86. The third kappa shape index (κ3) is 5.03. The van der Waals surface area contributed by atoms with Gasteiger partial charge in [0.15, 0.2) is 6.17 Å². The van der Waals surface area contributed by atoms with E-state index in [1.165, 1.54) is 4.90 Å². The van der Waals surface area contributed by atoms with Crippen molar-refractivity contribution in [3.63, 3.8) is 0 Å². The molecule has 1 aliphatic rings. The first-order valence-electron chi connectivity index (χ1n) is 7.87. The highest BCUT2D eigenvalue weighted by Crippen LogP contribution is 2.20. The maximum atomic E-state index is 14.4. The Kier molecular flexibility index (Phi) is 6.52. The van der Waals surface area contributed by atoms with Crippen LogP contribution in [0.5, 0.6) is 0 Å². The summed E-state index contributed by atoms with van der Waals surface area (Å²) in [6.45, 7) is 1.36. The lowest BCUT2D eigenvalue weighted by atomic mass is 9.94. The van der Waals surface area contributed by atoms with Gasteiger partial charge in [-0.3, -0.25) is 9.59 Å². The largest absolute Gasteiger partial charge is 0.481 e. The summed E-state index contributed by atoms with van der Waals surface area (Å²) in [5.74, 6) is -3.29. The maximum absolute atomic E-state index is 14.4. The molecular weight excluding hydrogens is 301 g/mol. The molecule has 1 saturated heterocycles. The second-order valence-corrected chi connectivity index (χ2v) is 5.66. The molecule has 1 amide bonds. The van der Waals surface area contributed by atoms with E-state index in [2.05, 4.69) is 0 Å². The van der Waals surface area contributed by atoms with Crippen molar-refractivity contribution in [3.05, 3.63) is 35.9 Å². The van der Waals surface area contributed by atoms with Crippen molar-refractivity contribution >= 4 is 11.9 Å². The number of morpholine rings is 1. The number of benzene rings is 1. The smallest absolute Gasteiger partial charge is 0.310 e. The van der Waals surface area contributed by atoms with Crippen LogP contribution < -0.4 is 0 Å². The predicted molar refractivity (Wildman–Crippen MR) is 82.8 cm³/mol. The minimum Gasteiger partial charge on any atom is -0.481 e. The Morgan fingerprint density at radius 3 is 2.48 bits per heavy atom. The number of hydrogen-bond acceptors (Lipinski definition) is 3. The average Bonchev–Trinajstić information content (AvgIpc) is 2.59. The Labute approximate surface area is 135 Å². The van der Waals surface area contributed by atoms with Crippen molar-refractivity contribution in [1.29, 1.82) is 0 Å². The summed E-state index contributed by atoms with van der Waals surface area (Å²) in [6.07, 6.45) is -0.663. The SMILES string of the molecule is O=C(O)[C@H](CCCc1ccccc1)C(F)C(=O)N1CCOCC1. The van der Waals surface area contributed by atoms with Crippen LogP contribution in [0.4, 0.5) is 4.39 Å². The Hall–Kier alpha value is -1.95. The van der Waals surface area contributed by atoms with Gasteiger partial charge < -0.3 is 14.7 Å². The second-order valence-electron chi connectivity index (χ2n) is 5.66. The van der Waals surface area contributed by atoms with Gasteiger partial charge in [0.05, 0.1) is 19.1 Å². The zero-order chi connectivity index (χ0) is 16.7. The third-order valence-corrected chi connectivity index (χ3v) is 4.05. The first-order chi connectivity index (χ1) is 11.1. The van der Waals surface area contributed by atoms with Crippen LogP contribution in [0.25, 0.3) is 0 Å². The van der Waals surface area contributed by atoms with E-state index in [1.807, 2.05) is 30.3 Å². The lowest BCUT2D eigenvalue weighted by Gasteiger charge is -2.29. The molecule has 0 spiro atoms. The van der Waals surface area contributed by atoms with Gasteiger partial charge in [0.25, 0.3) is 5.91 Å². The number of rotatable bonds is 7. The Morgan fingerprint density at radius 2 is 1.87 bits per heavy atom. The number of carbonyl (C=O) groups excluding carboxylic acids is 1. The van der Waals surface area contributed by atoms with Gasteiger partial charge in [0.1, 0.15) is 0 Å². The predicted octanol–water partition coefficient (Wildman–Crippen LogP) is 1.91. The van der Waals surface area contributed by atoms with E-state index in [0.717, 1.165) is 5.56 Å². The summed E-state index contributed by atoms with van der Waals surface area (Å²) < 4.78 is 19.5. The van der Waals surface area contributed by atoms with Crippen molar-refractivity contribution < 1.29 is 23.8 Å². The molecule has 1 N–H and O–H groups in total. The van der Waals surface area contributed by atoms with Gasteiger partial charge in [-0.1, -0.05) is 30.3 Å². The fourth-order valence-corrected chi connectivity index (χ4v) is 2.70. The van der Waals surface area contributed by atoms with Gasteiger partial charge >= 0.3 is 5.97 Å². The molecule has 0 aliphatic carbocycles. The van der Waals surface area contributed by atoms with E-state index in [4.69, 9.17) is 4.74 Å². The van der Waals surface area contributed by atoms with Gasteiger partial charge in [-0.25, -0.2) is 4.39 Å². The van der Waals surface area contributed by atoms with Crippen LogP contribution in [0.2, 0.25) is 0 Å². The molecule has 0 bridgehead atoms. The summed E-state index contributed by atoms with van der Waals surface area (Å²) in [5, 5.41) is 9.25. The molecule has 1 heterocycles. The van der Waals surface area contributed by atoms with Crippen molar-refractivity contribution in [1.82, 2.24) is 4.90 Å². The molecule has 0 aromatic heterocycles. The fraction of sp³-hybridized carbons (Fsp3) is 0.529. The summed E-state index contributed by atoms with van der Waals surface area (Å²) in [7, 11) is 0. The number of carboxylic acid groups (broad SMARTS) is 1. The van der Waals surface area contributed by atoms with Crippen LogP contribution in [-0.4, -0.2) is 54.4 Å². The minimum atomic E-state index is -2.00. The van der Waals surface area contributed by atoms with Crippen LogP contribution in [0.3, 0.4) is 0 Å². The summed E-state index contributed by atoms with van der Waals surface area (Å²) in [4.78, 5) is 24.8. The third-order valence-electron chi connectivity index (χ3n) is 4.05. The molecule has 1 aromatic rings. The van der Waals surface area contributed by atoms with Crippen molar-refractivity contribution in [2.24, 2.45) is 5.92 Å². The molecule has 1 fully saturated rings. The molecule has 1 aromatic carbocycles. The lowest BCUT2D eigenvalue weighted by Crippen LogP contribution is -2.47. The summed E-state index contributed by atoms with van der Waals surface area (Å²) in [5.41, 5.74) is 1.08. The molecule has 2 atom stereocenters. The minimum absolute atomic E-state index is 0.140. The van der Waals surface area contributed by atoms with Crippen LogP contribution >= 0.6 is 0 Å². The van der Waals surface area contributed by atoms with E-state index in [-0.39, 0.29) is 6.42 Å². The molecule has 23 heavy (non-hydrogen) atoms. The number of amides is 1. The van der Waals surface area contributed by atoms with Gasteiger partial charge in [-0.15, -0.1) is 0 Å². The van der Waals surface area contributed by atoms with Gasteiger partial charge in [0.2, 0.25) is 0 Å². The molecule has 1 aliphatic heterocycles. The normalized spacial score (nSPS) is 17.5. The zero-order valence-electron chi connectivity index (χ0n) is 13.0. The van der Waals surface area contributed by atoms with Crippen LogP contribution in [0.1, 0.15) is 18.4 Å². The van der Waals surface area contributed by atoms with E-state index in [9.17, 15) is 19.1 Å². The number of hydrogen-bond donors (Lipinski definition) is 1. The lowest BCUT2D eigenvalue weighted by molar-refractivity contribution is -0.153. The molecule has 2 rings (SSSR count). The molecule has 6 heteroatoms.